The number of benzene rings is 1. The number of rotatable bonds is 5. The molecule has 1 heterocycles. The predicted molar refractivity (Wildman–Crippen MR) is 76.1 cm³/mol. The summed E-state index contributed by atoms with van der Waals surface area (Å²) in [5, 5.41) is 4.42. The Morgan fingerprint density at radius 1 is 1.39 bits per heavy atom. The van der Waals surface area contributed by atoms with Gasteiger partial charge in [-0.15, -0.1) is 0 Å². The molecule has 1 aromatic rings. The Kier molecular flexibility index (Phi) is 5.48. The van der Waals surface area contributed by atoms with Crippen LogP contribution in [0.5, 0.6) is 0 Å². The minimum Gasteiger partial charge on any atom is -0.376 e. The van der Waals surface area contributed by atoms with E-state index in [1.807, 2.05) is 18.2 Å². The first-order valence-electron chi connectivity index (χ1n) is 6.92. The van der Waals surface area contributed by atoms with Crippen molar-refractivity contribution in [1.82, 2.24) is 5.32 Å². The van der Waals surface area contributed by atoms with Gasteiger partial charge in [0.2, 0.25) is 0 Å². The van der Waals surface area contributed by atoms with Gasteiger partial charge in [0.05, 0.1) is 12.1 Å². The first kappa shape index (κ1) is 13.9. The molecule has 1 aromatic carbocycles. The molecule has 18 heavy (non-hydrogen) atoms. The maximum atomic E-state index is 6.32. The van der Waals surface area contributed by atoms with Gasteiger partial charge in [-0.3, -0.25) is 0 Å². The van der Waals surface area contributed by atoms with Gasteiger partial charge in [0, 0.05) is 11.6 Å². The summed E-state index contributed by atoms with van der Waals surface area (Å²) in [6.07, 6.45) is 4.92. The van der Waals surface area contributed by atoms with Crippen LogP contribution in [0.1, 0.15) is 44.2 Å². The van der Waals surface area contributed by atoms with Gasteiger partial charge in [-0.2, -0.15) is 0 Å². The summed E-state index contributed by atoms with van der Waals surface area (Å²) in [7, 11) is 0. The van der Waals surface area contributed by atoms with E-state index in [1.54, 1.807) is 0 Å². The van der Waals surface area contributed by atoms with Crippen LogP contribution < -0.4 is 5.32 Å². The van der Waals surface area contributed by atoms with E-state index in [4.69, 9.17) is 16.3 Å². The SMILES string of the molecule is CCCNC(c1ccccc1Cl)C1CCCCO1. The molecule has 0 saturated carbocycles. The summed E-state index contributed by atoms with van der Waals surface area (Å²) >= 11 is 6.32. The first-order valence-corrected chi connectivity index (χ1v) is 7.30. The molecule has 2 unspecified atom stereocenters. The second kappa shape index (κ2) is 7.13. The van der Waals surface area contributed by atoms with E-state index in [9.17, 15) is 0 Å². The molecule has 0 aromatic heterocycles. The van der Waals surface area contributed by atoms with Crippen molar-refractivity contribution < 1.29 is 4.74 Å². The Balaban J connectivity index is 2.15. The molecular formula is C15H22ClNO. The van der Waals surface area contributed by atoms with E-state index in [-0.39, 0.29) is 12.1 Å². The molecule has 1 aliphatic rings. The molecule has 1 aliphatic heterocycles. The zero-order valence-electron chi connectivity index (χ0n) is 11.0. The van der Waals surface area contributed by atoms with Crippen molar-refractivity contribution in [2.45, 2.75) is 44.8 Å². The third-order valence-electron chi connectivity index (χ3n) is 3.44. The van der Waals surface area contributed by atoms with Gasteiger partial charge in [0.25, 0.3) is 0 Å². The van der Waals surface area contributed by atoms with Crippen LogP contribution in [-0.4, -0.2) is 19.3 Å². The van der Waals surface area contributed by atoms with Crippen LogP contribution in [0.15, 0.2) is 24.3 Å². The summed E-state index contributed by atoms with van der Waals surface area (Å²) < 4.78 is 5.93. The summed E-state index contributed by atoms with van der Waals surface area (Å²) in [6.45, 7) is 4.05. The lowest BCUT2D eigenvalue weighted by molar-refractivity contribution is -0.00813. The fourth-order valence-corrected chi connectivity index (χ4v) is 2.75. The van der Waals surface area contributed by atoms with Crippen molar-refractivity contribution in [3.63, 3.8) is 0 Å². The fraction of sp³-hybridized carbons (Fsp3) is 0.600. The number of hydrogen-bond acceptors (Lipinski definition) is 2. The molecule has 0 aliphatic carbocycles. The second-order valence-electron chi connectivity index (χ2n) is 4.86. The zero-order valence-corrected chi connectivity index (χ0v) is 11.7. The van der Waals surface area contributed by atoms with Gasteiger partial charge in [-0.25, -0.2) is 0 Å². The van der Waals surface area contributed by atoms with E-state index < -0.39 is 0 Å². The normalized spacial score (nSPS) is 21.8. The molecule has 0 amide bonds. The predicted octanol–water partition coefficient (Wildman–Crippen LogP) is 3.95. The third kappa shape index (κ3) is 3.47. The lowest BCUT2D eigenvalue weighted by Gasteiger charge is -2.32. The quantitative estimate of drug-likeness (QED) is 0.872. The minimum absolute atomic E-state index is 0.221. The van der Waals surface area contributed by atoms with Crippen molar-refractivity contribution in [3.05, 3.63) is 34.9 Å². The molecule has 1 saturated heterocycles. The average Bonchev–Trinajstić information content (AvgIpc) is 2.42. The van der Waals surface area contributed by atoms with E-state index in [0.29, 0.717) is 0 Å². The van der Waals surface area contributed by atoms with E-state index in [0.717, 1.165) is 31.0 Å². The van der Waals surface area contributed by atoms with Crippen LogP contribution in [0.4, 0.5) is 0 Å². The van der Waals surface area contributed by atoms with Crippen molar-refractivity contribution in [3.8, 4) is 0 Å². The molecule has 2 nitrogen and oxygen atoms in total. The minimum atomic E-state index is 0.221. The maximum absolute atomic E-state index is 6.32. The van der Waals surface area contributed by atoms with E-state index >= 15 is 0 Å². The molecule has 100 valence electrons. The molecule has 0 spiro atoms. The number of ether oxygens (including phenoxy) is 1. The fourth-order valence-electron chi connectivity index (χ4n) is 2.50. The molecule has 0 bridgehead atoms. The summed E-state index contributed by atoms with van der Waals surface area (Å²) in [5.74, 6) is 0. The van der Waals surface area contributed by atoms with Gasteiger partial charge >= 0.3 is 0 Å². The Morgan fingerprint density at radius 2 is 2.22 bits per heavy atom. The Morgan fingerprint density at radius 3 is 2.89 bits per heavy atom. The molecule has 1 fully saturated rings. The highest BCUT2D eigenvalue weighted by Crippen LogP contribution is 2.30. The average molecular weight is 268 g/mol. The van der Waals surface area contributed by atoms with Crippen LogP contribution in [0, 0.1) is 0 Å². The molecule has 2 atom stereocenters. The number of nitrogens with one attached hydrogen (secondary N) is 1. The number of halogens is 1. The van der Waals surface area contributed by atoms with E-state index in [1.165, 1.54) is 18.4 Å². The van der Waals surface area contributed by atoms with Gasteiger partial charge in [-0.05, 0) is 43.9 Å². The van der Waals surface area contributed by atoms with Crippen LogP contribution in [0.3, 0.4) is 0 Å². The molecular weight excluding hydrogens is 246 g/mol. The van der Waals surface area contributed by atoms with Crippen molar-refractivity contribution in [2.24, 2.45) is 0 Å². The lowest BCUT2D eigenvalue weighted by Crippen LogP contribution is -2.36. The Hall–Kier alpha value is -0.570. The van der Waals surface area contributed by atoms with Crippen LogP contribution in [0.2, 0.25) is 5.02 Å². The highest BCUT2D eigenvalue weighted by atomic mass is 35.5. The summed E-state index contributed by atoms with van der Waals surface area (Å²) in [4.78, 5) is 0. The topological polar surface area (TPSA) is 21.3 Å². The monoisotopic (exact) mass is 267 g/mol. The third-order valence-corrected chi connectivity index (χ3v) is 3.79. The van der Waals surface area contributed by atoms with Gasteiger partial charge in [0.1, 0.15) is 0 Å². The largest absolute Gasteiger partial charge is 0.376 e. The van der Waals surface area contributed by atoms with Crippen LogP contribution >= 0.6 is 11.6 Å². The van der Waals surface area contributed by atoms with Gasteiger partial charge in [-0.1, -0.05) is 36.7 Å². The van der Waals surface area contributed by atoms with Crippen molar-refractivity contribution in [1.29, 1.82) is 0 Å². The highest BCUT2D eigenvalue weighted by molar-refractivity contribution is 6.31. The zero-order chi connectivity index (χ0) is 12.8. The molecule has 2 rings (SSSR count). The van der Waals surface area contributed by atoms with Crippen molar-refractivity contribution >= 4 is 11.6 Å². The van der Waals surface area contributed by atoms with Crippen molar-refractivity contribution in [2.75, 3.05) is 13.2 Å². The van der Waals surface area contributed by atoms with Crippen LogP contribution in [-0.2, 0) is 4.74 Å². The second-order valence-corrected chi connectivity index (χ2v) is 5.27. The first-order chi connectivity index (χ1) is 8.83. The maximum Gasteiger partial charge on any atom is 0.0770 e. The Bertz CT molecular complexity index is 363. The number of hydrogen-bond donors (Lipinski definition) is 1. The van der Waals surface area contributed by atoms with E-state index in [2.05, 4.69) is 18.3 Å². The highest BCUT2D eigenvalue weighted by Gasteiger charge is 2.26. The standard InChI is InChI=1S/C15H22ClNO/c1-2-10-17-15(14-9-5-6-11-18-14)12-7-3-4-8-13(12)16/h3-4,7-8,14-15,17H,2,5-6,9-11H2,1H3. The molecule has 0 radical (unpaired) electrons. The lowest BCUT2D eigenvalue weighted by atomic mass is 9.95. The Labute approximate surface area is 115 Å². The van der Waals surface area contributed by atoms with Crippen LogP contribution in [0.25, 0.3) is 0 Å². The van der Waals surface area contributed by atoms with Gasteiger partial charge in [0.15, 0.2) is 0 Å². The summed E-state index contributed by atoms with van der Waals surface area (Å²) in [5.41, 5.74) is 1.17. The molecule has 3 heteroatoms. The van der Waals surface area contributed by atoms with Gasteiger partial charge < -0.3 is 10.1 Å². The molecule has 1 N–H and O–H groups in total. The summed E-state index contributed by atoms with van der Waals surface area (Å²) in [6, 6.07) is 8.31. The smallest absolute Gasteiger partial charge is 0.0770 e.